The van der Waals surface area contributed by atoms with Gasteiger partial charge in [0.2, 0.25) is 0 Å². The first-order valence-electron chi connectivity index (χ1n) is 13.4. The van der Waals surface area contributed by atoms with Gasteiger partial charge in [0, 0.05) is 55.0 Å². The van der Waals surface area contributed by atoms with Crippen LogP contribution in [0.5, 0.6) is 0 Å². The Kier molecular flexibility index (Phi) is 10.0. The fourth-order valence-electron chi connectivity index (χ4n) is 4.54. The predicted molar refractivity (Wildman–Crippen MR) is 164 cm³/mol. The van der Waals surface area contributed by atoms with E-state index in [1.807, 2.05) is 32.1 Å². The Labute approximate surface area is 245 Å². The zero-order valence-corrected chi connectivity index (χ0v) is 24.3. The molecule has 3 aromatic rings. The summed E-state index contributed by atoms with van der Waals surface area (Å²) in [5.74, 6) is -1.39. The van der Waals surface area contributed by atoms with Crippen molar-refractivity contribution < 1.29 is 18.7 Å². The van der Waals surface area contributed by atoms with Crippen LogP contribution in [-0.2, 0) is 4.74 Å². The molecule has 3 aromatic carbocycles. The van der Waals surface area contributed by atoms with Crippen LogP contribution in [0.25, 0.3) is 0 Å². The van der Waals surface area contributed by atoms with E-state index in [2.05, 4.69) is 20.4 Å². The number of anilines is 5. The van der Waals surface area contributed by atoms with Crippen molar-refractivity contribution in [2.24, 2.45) is 0 Å². The SMILES string of the molecule is CN(C)CCCN(C)c1ccc(N)c(C(=O)Nc2cc(C(=O)Nc3cc(F)cc(N4CCOCC4)c3)ccc2Cl)c1. The quantitative estimate of drug-likeness (QED) is 0.295. The third kappa shape index (κ3) is 8.09. The molecule has 1 heterocycles. The van der Waals surface area contributed by atoms with Gasteiger partial charge in [0.05, 0.1) is 29.5 Å². The molecule has 1 saturated heterocycles. The molecule has 0 saturated carbocycles. The number of halogens is 2. The predicted octanol–water partition coefficient (Wildman–Crippen LogP) is 4.79. The zero-order valence-electron chi connectivity index (χ0n) is 23.5. The van der Waals surface area contributed by atoms with Crippen LogP contribution in [0.4, 0.5) is 32.8 Å². The second kappa shape index (κ2) is 13.7. The lowest BCUT2D eigenvalue weighted by molar-refractivity contribution is 0.101. The Morgan fingerprint density at radius 2 is 1.73 bits per heavy atom. The van der Waals surface area contributed by atoms with Gasteiger partial charge in [-0.05, 0) is 81.7 Å². The molecule has 0 aliphatic carbocycles. The van der Waals surface area contributed by atoms with Gasteiger partial charge in [0.15, 0.2) is 0 Å². The van der Waals surface area contributed by atoms with E-state index in [4.69, 9.17) is 22.1 Å². The van der Waals surface area contributed by atoms with Gasteiger partial charge in [-0.15, -0.1) is 0 Å². The monoisotopic (exact) mass is 582 g/mol. The van der Waals surface area contributed by atoms with Gasteiger partial charge in [-0.3, -0.25) is 9.59 Å². The third-order valence-electron chi connectivity index (χ3n) is 6.81. The molecule has 2 amide bonds. The molecule has 0 atom stereocenters. The Morgan fingerprint density at radius 1 is 0.976 bits per heavy atom. The summed E-state index contributed by atoms with van der Waals surface area (Å²) in [6.07, 6.45) is 0.962. The Hall–Kier alpha value is -3.86. The fraction of sp³-hybridized carbons (Fsp3) is 0.333. The molecule has 0 aromatic heterocycles. The number of nitrogens with zero attached hydrogens (tertiary/aromatic N) is 3. The average Bonchev–Trinajstić information content (AvgIpc) is 2.94. The first-order chi connectivity index (χ1) is 19.6. The molecule has 4 rings (SSSR count). The van der Waals surface area contributed by atoms with E-state index in [9.17, 15) is 14.0 Å². The highest BCUT2D eigenvalue weighted by molar-refractivity contribution is 6.34. The Balaban J connectivity index is 1.47. The zero-order chi connectivity index (χ0) is 29.5. The number of morpholine rings is 1. The molecule has 4 N–H and O–H groups in total. The summed E-state index contributed by atoms with van der Waals surface area (Å²) in [7, 11) is 6.02. The maximum absolute atomic E-state index is 14.4. The van der Waals surface area contributed by atoms with Gasteiger partial charge in [0.25, 0.3) is 11.8 Å². The minimum Gasteiger partial charge on any atom is -0.398 e. The van der Waals surface area contributed by atoms with Crippen molar-refractivity contribution in [2.75, 3.05) is 86.7 Å². The molecule has 1 aliphatic heterocycles. The summed E-state index contributed by atoms with van der Waals surface area (Å²) in [5.41, 5.74) is 9.08. The van der Waals surface area contributed by atoms with Gasteiger partial charge >= 0.3 is 0 Å². The lowest BCUT2D eigenvalue weighted by Crippen LogP contribution is -2.36. The lowest BCUT2D eigenvalue weighted by atomic mass is 10.1. The van der Waals surface area contributed by atoms with E-state index in [-0.39, 0.29) is 16.3 Å². The van der Waals surface area contributed by atoms with Crippen LogP contribution in [0.3, 0.4) is 0 Å². The van der Waals surface area contributed by atoms with Crippen LogP contribution in [-0.4, -0.2) is 77.3 Å². The number of carbonyl (C=O) groups is 2. The second-order valence-corrected chi connectivity index (χ2v) is 10.7. The summed E-state index contributed by atoms with van der Waals surface area (Å²) in [4.78, 5) is 32.5. The van der Waals surface area contributed by atoms with Gasteiger partial charge in [-0.2, -0.15) is 0 Å². The number of carbonyl (C=O) groups excluding carboxylic acids is 2. The van der Waals surface area contributed by atoms with Crippen molar-refractivity contribution in [1.29, 1.82) is 0 Å². The van der Waals surface area contributed by atoms with Crippen LogP contribution >= 0.6 is 11.6 Å². The molecule has 1 aliphatic rings. The molecule has 218 valence electrons. The number of benzene rings is 3. The third-order valence-corrected chi connectivity index (χ3v) is 7.14. The van der Waals surface area contributed by atoms with Crippen LogP contribution in [0, 0.1) is 5.82 Å². The van der Waals surface area contributed by atoms with Crippen molar-refractivity contribution in [3.8, 4) is 0 Å². The largest absolute Gasteiger partial charge is 0.398 e. The van der Waals surface area contributed by atoms with E-state index in [0.717, 1.165) is 25.2 Å². The van der Waals surface area contributed by atoms with Crippen LogP contribution in [0.2, 0.25) is 5.02 Å². The highest BCUT2D eigenvalue weighted by atomic mass is 35.5. The van der Waals surface area contributed by atoms with Gasteiger partial charge < -0.3 is 35.8 Å². The summed E-state index contributed by atoms with van der Waals surface area (Å²) in [6, 6.07) is 14.2. The van der Waals surface area contributed by atoms with Crippen LogP contribution in [0.1, 0.15) is 27.1 Å². The van der Waals surface area contributed by atoms with Crippen molar-refractivity contribution in [1.82, 2.24) is 4.90 Å². The minimum absolute atomic E-state index is 0.240. The highest BCUT2D eigenvalue weighted by Gasteiger charge is 2.18. The normalized spacial score (nSPS) is 13.3. The summed E-state index contributed by atoms with van der Waals surface area (Å²) >= 11 is 6.37. The van der Waals surface area contributed by atoms with Crippen molar-refractivity contribution >= 4 is 51.9 Å². The molecule has 0 bridgehead atoms. The maximum Gasteiger partial charge on any atom is 0.257 e. The Morgan fingerprint density at radius 3 is 2.46 bits per heavy atom. The van der Waals surface area contributed by atoms with E-state index in [1.165, 1.54) is 30.3 Å². The highest BCUT2D eigenvalue weighted by Crippen LogP contribution is 2.28. The van der Waals surface area contributed by atoms with Crippen molar-refractivity contribution in [3.63, 3.8) is 0 Å². The number of amides is 2. The minimum atomic E-state index is -0.475. The van der Waals surface area contributed by atoms with Gasteiger partial charge in [-0.25, -0.2) is 4.39 Å². The van der Waals surface area contributed by atoms with E-state index >= 15 is 0 Å². The first kappa shape index (κ1) is 30.1. The summed E-state index contributed by atoms with van der Waals surface area (Å²) in [5, 5.41) is 5.77. The van der Waals surface area contributed by atoms with Crippen LogP contribution < -0.4 is 26.2 Å². The topological polar surface area (TPSA) is 103 Å². The molecule has 0 spiro atoms. The first-order valence-corrected chi connectivity index (χ1v) is 13.8. The van der Waals surface area contributed by atoms with E-state index < -0.39 is 17.6 Å². The Bertz CT molecular complexity index is 1400. The van der Waals surface area contributed by atoms with E-state index in [1.54, 1.807) is 18.2 Å². The molecular formula is C30H36ClFN6O3. The molecular weight excluding hydrogens is 547 g/mol. The van der Waals surface area contributed by atoms with Gasteiger partial charge in [0.1, 0.15) is 5.82 Å². The van der Waals surface area contributed by atoms with Crippen LogP contribution in [0.15, 0.2) is 54.6 Å². The second-order valence-electron chi connectivity index (χ2n) is 10.3. The maximum atomic E-state index is 14.4. The smallest absolute Gasteiger partial charge is 0.257 e. The number of nitrogens with one attached hydrogen (secondary N) is 2. The number of ether oxygens (including phenoxy) is 1. The summed E-state index contributed by atoms with van der Waals surface area (Å²) < 4.78 is 19.7. The van der Waals surface area contributed by atoms with Gasteiger partial charge in [-0.1, -0.05) is 11.6 Å². The molecule has 41 heavy (non-hydrogen) atoms. The molecule has 0 radical (unpaired) electrons. The number of hydrogen-bond donors (Lipinski definition) is 3. The standard InChI is InChI=1S/C30H36ClFN6O3/c1-36(2)9-4-10-37(3)23-6-8-27(33)25(19-23)30(40)35-28-15-20(5-7-26(28)31)29(39)34-22-16-21(32)17-24(18-22)38-11-13-41-14-12-38/h5-8,15-19H,4,9-14,33H2,1-3H3,(H,34,39)(H,35,40). The lowest BCUT2D eigenvalue weighted by Gasteiger charge is -2.29. The number of nitrogen functional groups attached to an aromatic ring is 1. The molecule has 1 fully saturated rings. The summed E-state index contributed by atoms with van der Waals surface area (Å²) in [6.45, 7) is 4.14. The number of nitrogens with two attached hydrogens (primary N) is 1. The molecule has 0 unspecified atom stereocenters. The number of hydrogen-bond acceptors (Lipinski definition) is 7. The molecule has 11 heteroatoms. The van der Waals surface area contributed by atoms with E-state index in [0.29, 0.717) is 48.9 Å². The number of rotatable bonds is 10. The molecule has 9 nitrogen and oxygen atoms in total. The van der Waals surface area contributed by atoms with Crippen molar-refractivity contribution in [3.05, 3.63) is 76.6 Å². The van der Waals surface area contributed by atoms with Crippen molar-refractivity contribution in [2.45, 2.75) is 6.42 Å². The fourth-order valence-corrected chi connectivity index (χ4v) is 4.70. The average molecular weight is 583 g/mol.